The minimum atomic E-state index is -3.97. The minimum absolute atomic E-state index is 0.376. The van der Waals surface area contributed by atoms with Crippen molar-refractivity contribution >= 4 is 21.9 Å². The van der Waals surface area contributed by atoms with Gasteiger partial charge in [-0.1, -0.05) is 12.1 Å². The van der Waals surface area contributed by atoms with E-state index >= 15 is 0 Å². The Bertz CT molecular complexity index is 676. The largest absolute Gasteiger partial charge is 0.480 e. The fourth-order valence-electron chi connectivity index (χ4n) is 1.53. The molecule has 9 heteroatoms. The Hall–Kier alpha value is -2.44. The molecule has 0 radical (unpaired) electrons. The van der Waals surface area contributed by atoms with E-state index in [2.05, 4.69) is 0 Å². The lowest BCUT2D eigenvalue weighted by molar-refractivity contribution is -0.140. The first kappa shape index (κ1) is 16.6. The van der Waals surface area contributed by atoms with Crippen molar-refractivity contribution in [3.63, 3.8) is 0 Å². The number of nitrogens with zero attached hydrogens (tertiary/aromatic N) is 1. The molecular formula is C12H13N3O5S. The second kappa shape index (κ2) is 6.83. The van der Waals surface area contributed by atoms with Crippen molar-refractivity contribution in [2.24, 2.45) is 5.73 Å². The van der Waals surface area contributed by atoms with Gasteiger partial charge in [0.2, 0.25) is 15.9 Å². The van der Waals surface area contributed by atoms with Crippen molar-refractivity contribution in [1.29, 1.82) is 5.26 Å². The Labute approximate surface area is 121 Å². The molecule has 1 atom stereocenters. The van der Waals surface area contributed by atoms with Gasteiger partial charge in [-0.2, -0.15) is 5.26 Å². The summed E-state index contributed by atoms with van der Waals surface area (Å²) < 4.78 is 25.6. The van der Waals surface area contributed by atoms with Crippen LogP contribution >= 0.6 is 0 Å². The minimum Gasteiger partial charge on any atom is -0.480 e. The number of nitrogens with one attached hydrogen (secondary N) is 1. The van der Waals surface area contributed by atoms with Gasteiger partial charge in [-0.3, -0.25) is 9.59 Å². The summed E-state index contributed by atoms with van der Waals surface area (Å²) >= 11 is 0. The van der Waals surface area contributed by atoms with E-state index in [0.717, 1.165) is 0 Å². The van der Waals surface area contributed by atoms with E-state index in [1.165, 1.54) is 24.3 Å². The number of sulfonamides is 1. The van der Waals surface area contributed by atoms with Gasteiger partial charge in [-0.05, 0) is 17.7 Å². The molecular weight excluding hydrogens is 298 g/mol. The van der Waals surface area contributed by atoms with Crippen LogP contribution in [0.4, 0.5) is 0 Å². The first-order valence-electron chi connectivity index (χ1n) is 5.73. The highest BCUT2D eigenvalue weighted by Gasteiger charge is 2.25. The lowest BCUT2D eigenvalue weighted by Gasteiger charge is -2.13. The van der Waals surface area contributed by atoms with Crippen LogP contribution in [0.5, 0.6) is 0 Å². The van der Waals surface area contributed by atoms with Gasteiger partial charge >= 0.3 is 5.97 Å². The maximum Gasteiger partial charge on any atom is 0.322 e. The Balaban J connectivity index is 2.82. The fourth-order valence-corrected chi connectivity index (χ4v) is 2.87. The van der Waals surface area contributed by atoms with E-state index in [-0.39, 0.29) is 0 Å². The number of carboxylic acid groups (broad SMARTS) is 1. The van der Waals surface area contributed by atoms with Gasteiger partial charge in [0.25, 0.3) is 0 Å². The predicted molar refractivity (Wildman–Crippen MR) is 72.2 cm³/mol. The van der Waals surface area contributed by atoms with E-state index in [4.69, 9.17) is 16.1 Å². The molecule has 8 nitrogen and oxygen atoms in total. The number of rotatable bonds is 7. The summed E-state index contributed by atoms with van der Waals surface area (Å²) in [6.07, 6.45) is -0.637. The number of carbonyl (C=O) groups excluding carboxylic acids is 1. The zero-order chi connectivity index (χ0) is 16.0. The van der Waals surface area contributed by atoms with Crippen molar-refractivity contribution < 1.29 is 23.1 Å². The molecule has 0 aliphatic rings. The molecule has 0 bridgehead atoms. The molecule has 4 N–H and O–H groups in total. The molecule has 112 valence electrons. The molecule has 1 amide bonds. The standard InChI is InChI=1S/C12H13N3O5S/c13-6-8-1-3-9(4-2-8)7-21(19,20)15-10(12(17)18)5-11(14)16/h1-4,10,15H,5,7H2,(H2,14,16)(H,17,18). The van der Waals surface area contributed by atoms with Crippen molar-refractivity contribution in [3.05, 3.63) is 35.4 Å². The summed E-state index contributed by atoms with van der Waals surface area (Å²) in [6, 6.07) is 6.07. The number of hydrogen-bond acceptors (Lipinski definition) is 5. The van der Waals surface area contributed by atoms with Gasteiger partial charge in [-0.15, -0.1) is 0 Å². The normalized spacial score (nSPS) is 12.3. The molecule has 0 aliphatic heterocycles. The van der Waals surface area contributed by atoms with Gasteiger partial charge in [0, 0.05) is 0 Å². The van der Waals surface area contributed by atoms with E-state index in [1.54, 1.807) is 0 Å². The zero-order valence-corrected chi connectivity index (χ0v) is 11.6. The van der Waals surface area contributed by atoms with Crippen molar-refractivity contribution in [2.45, 2.75) is 18.2 Å². The van der Waals surface area contributed by atoms with Gasteiger partial charge in [-0.25, -0.2) is 13.1 Å². The molecule has 1 aromatic carbocycles. The molecule has 0 fully saturated rings. The van der Waals surface area contributed by atoms with Crippen LogP contribution in [0.1, 0.15) is 17.5 Å². The number of carboxylic acids is 1. The van der Waals surface area contributed by atoms with Gasteiger partial charge in [0.1, 0.15) is 6.04 Å². The van der Waals surface area contributed by atoms with Crippen molar-refractivity contribution in [3.8, 4) is 6.07 Å². The van der Waals surface area contributed by atoms with Crippen LogP contribution in [0.25, 0.3) is 0 Å². The van der Waals surface area contributed by atoms with E-state index in [0.29, 0.717) is 11.1 Å². The summed E-state index contributed by atoms with van der Waals surface area (Å²) in [7, 11) is -3.97. The van der Waals surface area contributed by atoms with Crippen LogP contribution < -0.4 is 10.5 Å². The molecule has 21 heavy (non-hydrogen) atoms. The van der Waals surface area contributed by atoms with Crippen LogP contribution in [-0.2, 0) is 25.4 Å². The smallest absolute Gasteiger partial charge is 0.322 e. The Morgan fingerprint density at radius 1 is 1.33 bits per heavy atom. The number of amides is 1. The highest BCUT2D eigenvalue weighted by atomic mass is 32.2. The van der Waals surface area contributed by atoms with Gasteiger partial charge in [0.15, 0.2) is 0 Å². The van der Waals surface area contributed by atoms with E-state index < -0.39 is 40.1 Å². The molecule has 1 rings (SSSR count). The number of nitriles is 1. The second-order valence-corrected chi connectivity index (χ2v) is 6.00. The number of primary amides is 1. The maximum atomic E-state index is 11.9. The summed E-state index contributed by atoms with van der Waals surface area (Å²) in [5, 5.41) is 17.5. The Morgan fingerprint density at radius 3 is 2.33 bits per heavy atom. The highest BCUT2D eigenvalue weighted by Crippen LogP contribution is 2.08. The van der Waals surface area contributed by atoms with Crippen molar-refractivity contribution in [2.75, 3.05) is 0 Å². The second-order valence-electron chi connectivity index (χ2n) is 4.25. The third-order valence-corrected chi connectivity index (χ3v) is 3.82. The molecule has 0 saturated heterocycles. The lowest BCUT2D eigenvalue weighted by Crippen LogP contribution is -2.43. The fraction of sp³-hybridized carbons (Fsp3) is 0.250. The first-order chi connectivity index (χ1) is 9.73. The third kappa shape index (κ3) is 5.60. The van der Waals surface area contributed by atoms with Gasteiger partial charge < -0.3 is 10.8 Å². The van der Waals surface area contributed by atoms with Gasteiger partial charge in [0.05, 0.1) is 23.8 Å². The molecule has 0 heterocycles. The zero-order valence-electron chi connectivity index (χ0n) is 10.8. The van der Waals surface area contributed by atoms with Crippen LogP contribution in [0.15, 0.2) is 24.3 Å². The number of hydrogen-bond donors (Lipinski definition) is 3. The lowest BCUT2D eigenvalue weighted by atomic mass is 10.2. The first-order valence-corrected chi connectivity index (χ1v) is 7.39. The average Bonchev–Trinajstić information content (AvgIpc) is 2.37. The maximum absolute atomic E-state index is 11.9. The third-order valence-electron chi connectivity index (χ3n) is 2.46. The number of carbonyl (C=O) groups is 2. The van der Waals surface area contributed by atoms with E-state index in [1.807, 2.05) is 10.8 Å². The monoisotopic (exact) mass is 311 g/mol. The molecule has 0 spiro atoms. The molecule has 0 aliphatic carbocycles. The Kier molecular flexibility index (Phi) is 5.40. The summed E-state index contributed by atoms with van der Waals surface area (Å²) in [5.74, 6) is -2.89. The van der Waals surface area contributed by atoms with Crippen molar-refractivity contribution in [1.82, 2.24) is 4.72 Å². The summed E-state index contributed by atoms with van der Waals surface area (Å²) in [6.45, 7) is 0. The number of aliphatic carboxylic acids is 1. The number of benzene rings is 1. The average molecular weight is 311 g/mol. The van der Waals surface area contributed by atoms with Crippen LogP contribution in [0, 0.1) is 11.3 Å². The Morgan fingerprint density at radius 2 is 1.90 bits per heavy atom. The highest BCUT2D eigenvalue weighted by molar-refractivity contribution is 7.88. The number of nitrogens with two attached hydrogens (primary N) is 1. The molecule has 1 aromatic rings. The summed E-state index contributed by atoms with van der Waals surface area (Å²) in [4.78, 5) is 21.6. The van der Waals surface area contributed by atoms with Crippen LogP contribution in [0.2, 0.25) is 0 Å². The van der Waals surface area contributed by atoms with Crippen LogP contribution in [-0.4, -0.2) is 31.4 Å². The quantitative estimate of drug-likeness (QED) is 0.606. The predicted octanol–water partition coefficient (Wildman–Crippen LogP) is -0.694. The topological polar surface area (TPSA) is 150 Å². The van der Waals surface area contributed by atoms with Crippen LogP contribution in [0.3, 0.4) is 0 Å². The SMILES string of the molecule is N#Cc1ccc(CS(=O)(=O)NC(CC(N)=O)C(=O)O)cc1. The molecule has 0 aromatic heterocycles. The molecule has 1 unspecified atom stereocenters. The summed E-state index contributed by atoms with van der Waals surface area (Å²) in [5.41, 5.74) is 5.62. The van der Waals surface area contributed by atoms with E-state index in [9.17, 15) is 18.0 Å². The molecule has 0 saturated carbocycles.